The Morgan fingerprint density at radius 1 is 1.28 bits per heavy atom. The fourth-order valence-corrected chi connectivity index (χ4v) is 4.00. The van der Waals surface area contributed by atoms with E-state index in [0.717, 1.165) is 12.8 Å². The van der Waals surface area contributed by atoms with Gasteiger partial charge in [0.15, 0.2) is 5.75 Å². The van der Waals surface area contributed by atoms with Crippen molar-refractivity contribution in [3.63, 3.8) is 0 Å². The number of carbonyl (C=O) groups is 2. The lowest BCUT2D eigenvalue weighted by molar-refractivity contribution is -0.119. The zero-order valence-electron chi connectivity index (χ0n) is 18.1. The minimum absolute atomic E-state index is 0.112. The first-order chi connectivity index (χ1) is 15.4. The first-order valence-electron chi connectivity index (χ1n) is 10.5. The van der Waals surface area contributed by atoms with E-state index in [1.807, 2.05) is 18.2 Å². The molecule has 3 aromatic rings. The third-order valence-electron chi connectivity index (χ3n) is 5.74. The Morgan fingerprint density at radius 2 is 2.09 bits per heavy atom. The van der Waals surface area contributed by atoms with Crippen molar-refractivity contribution >= 4 is 23.1 Å². The van der Waals surface area contributed by atoms with E-state index in [2.05, 4.69) is 20.4 Å². The Labute approximate surface area is 184 Å². The number of ether oxygens (including phenoxy) is 1. The van der Waals surface area contributed by atoms with Crippen LogP contribution in [0.2, 0.25) is 0 Å². The number of nitrogens with one attached hydrogen (secondary N) is 1. The second-order valence-corrected chi connectivity index (χ2v) is 8.21. The summed E-state index contributed by atoms with van der Waals surface area (Å²) in [5.41, 5.74) is 3.75. The van der Waals surface area contributed by atoms with Gasteiger partial charge in [0.1, 0.15) is 5.78 Å². The third kappa shape index (κ3) is 3.59. The fraction of sp³-hybridized carbons (Fsp3) is 0.348. The number of carbonyl (C=O) groups excluding carboxylic acids is 2. The normalized spacial score (nSPS) is 15.1. The summed E-state index contributed by atoms with van der Waals surface area (Å²) in [6, 6.07) is 7.32. The van der Waals surface area contributed by atoms with Crippen LogP contribution in [-0.2, 0) is 17.8 Å². The first kappa shape index (κ1) is 20.2. The lowest BCUT2D eigenvalue weighted by Gasteiger charge is -2.16. The van der Waals surface area contributed by atoms with Crippen molar-refractivity contribution in [2.75, 3.05) is 19.5 Å². The number of para-hydroxylation sites is 1. The highest BCUT2D eigenvalue weighted by Crippen LogP contribution is 2.39. The van der Waals surface area contributed by atoms with Crippen LogP contribution in [0.4, 0.5) is 11.4 Å². The predicted molar refractivity (Wildman–Crippen MR) is 116 cm³/mol. The number of hydrogen-bond acceptors (Lipinski definition) is 8. The third-order valence-corrected chi connectivity index (χ3v) is 5.74. The molecule has 3 heterocycles. The molecule has 2 aliphatic rings. The highest BCUT2D eigenvalue weighted by atomic mass is 16.5. The van der Waals surface area contributed by atoms with Crippen LogP contribution in [0.3, 0.4) is 0 Å². The monoisotopic (exact) mass is 433 g/mol. The van der Waals surface area contributed by atoms with E-state index >= 15 is 0 Å². The zero-order chi connectivity index (χ0) is 22.4. The maximum Gasteiger partial charge on any atom is 0.257 e. The van der Waals surface area contributed by atoms with Crippen molar-refractivity contribution in [2.24, 2.45) is 5.92 Å². The lowest BCUT2D eigenvalue weighted by atomic mass is 10.1. The summed E-state index contributed by atoms with van der Waals surface area (Å²) in [6.07, 6.45) is 2.18. The molecule has 1 aromatic carbocycles. The minimum Gasteiger partial charge on any atom is -0.494 e. The Kier molecular flexibility index (Phi) is 4.88. The Bertz CT molecular complexity index is 1230. The average molecular weight is 433 g/mol. The van der Waals surface area contributed by atoms with Crippen LogP contribution >= 0.6 is 0 Å². The molecule has 0 unspecified atom stereocenters. The molecule has 9 heteroatoms. The molecule has 1 fully saturated rings. The van der Waals surface area contributed by atoms with Gasteiger partial charge < -0.3 is 19.5 Å². The summed E-state index contributed by atoms with van der Waals surface area (Å²) >= 11 is 0. The maximum absolute atomic E-state index is 12.8. The number of nitrogens with zero attached hydrogens (tertiary/aromatic N) is 4. The van der Waals surface area contributed by atoms with Crippen molar-refractivity contribution in [1.82, 2.24) is 20.0 Å². The quantitative estimate of drug-likeness (QED) is 0.604. The van der Waals surface area contributed by atoms with E-state index in [4.69, 9.17) is 9.26 Å². The molecule has 5 rings (SSSR count). The number of aryl methyl sites for hydroxylation is 1. The number of rotatable bonds is 7. The van der Waals surface area contributed by atoms with Gasteiger partial charge in [0.25, 0.3) is 5.91 Å². The number of pyridine rings is 1. The van der Waals surface area contributed by atoms with Crippen molar-refractivity contribution in [2.45, 2.75) is 32.7 Å². The molecule has 0 saturated heterocycles. The Hall–Kier alpha value is -3.75. The van der Waals surface area contributed by atoms with Gasteiger partial charge in [-0.2, -0.15) is 4.98 Å². The largest absolute Gasteiger partial charge is 0.494 e. The second kappa shape index (κ2) is 7.74. The highest BCUT2D eigenvalue weighted by molar-refractivity contribution is 6.04. The predicted octanol–water partition coefficient (Wildman–Crippen LogP) is 3.30. The van der Waals surface area contributed by atoms with Crippen LogP contribution in [0.5, 0.6) is 5.75 Å². The molecule has 1 amide bonds. The number of methoxy groups -OCH3 is 1. The SMILES string of the molecule is COc1c(Nc2cc(CC(=O)C3CC3)nc3c2C(=O)N(C)C3)cccc1-c1noc(C)n1. The van der Waals surface area contributed by atoms with Gasteiger partial charge in [-0.05, 0) is 31.0 Å². The van der Waals surface area contributed by atoms with Gasteiger partial charge in [0.05, 0.1) is 47.5 Å². The molecule has 0 radical (unpaired) electrons. The number of fused-ring (bicyclic) bond motifs is 1. The molecule has 1 saturated carbocycles. The smallest absolute Gasteiger partial charge is 0.257 e. The van der Waals surface area contributed by atoms with Crippen molar-refractivity contribution in [3.05, 3.63) is 47.1 Å². The molecular formula is C23H23N5O4. The van der Waals surface area contributed by atoms with Crippen molar-refractivity contribution in [3.8, 4) is 17.1 Å². The topological polar surface area (TPSA) is 110 Å². The van der Waals surface area contributed by atoms with Gasteiger partial charge in [-0.1, -0.05) is 11.2 Å². The van der Waals surface area contributed by atoms with Crippen LogP contribution in [0.25, 0.3) is 11.4 Å². The van der Waals surface area contributed by atoms with Crippen LogP contribution < -0.4 is 10.1 Å². The van der Waals surface area contributed by atoms with E-state index < -0.39 is 0 Å². The molecule has 164 valence electrons. The van der Waals surface area contributed by atoms with E-state index in [9.17, 15) is 9.59 Å². The van der Waals surface area contributed by atoms with Gasteiger partial charge in [-0.15, -0.1) is 0 Å². The number of Topliss-reactive ketones (excluding diaryl/α,β-unsaturated/α-hetero) is 1. The van der Waals surface area contributed by atoms with Gasteiger partial charge in [-0.25, -0.2) is 0 Å². The minimum atomic E-state index is -0.112. The Balaban J connectivity index is 1.55. The number of ketones is 1. The van der Waals surface area contributed by atoms with E-state index in [-0.39, 0.29) is 24.0 Å². The van der Waals surface area contributed by atoms with Crippen LogP contribution in [0, 0.1) is 12.8 Å². The average Bonchev–Trinajstić information content (AvgIpc) is 3.47. The number of aromatic nitrogens is 3. The molecule has 9 nitrogen and oxygen atoms in total. The summed E-state index contributed by atoms with van der Waals surface area (Å²) in [4.78, 5) is 35.8. The zero-order valence-corrected chi connectivity index (χ0v) is 18.1. The van der Waals surface area contributed by atoms with Gasteiger partial charge in [0, 0.05) is 26.3 Å². The molecule has 1 aliphatic heterocycles. The van der Waals surface area contributed by atoms with Gasteiger partial charge >= 0.3 is 0 Å². The number of anilines is 2. The standard InChI is InChI=1S/C23H23N5O4/c1-12-24-22(27-32-12)15-5-4-6-16(21(15)31-3)26-17-9-14(10-19(29)13-7-8-13)25-18-11-28(2)23(30)20(17)18/h4-6,9,13H,7-8,10-11H2,1-3H3,(H,25,26). The summed E-state index contributed by atoms with van der Waals surface area (Å²) in [7, 11) is 3.30. The van der Waals surface area contributed by atoms with Crippen molar-refractivity contribution in [1.29, 1.82) is 0 Å². The van der Waals surface area contributed by atoms with Crippen LogP contribution in [0.15, 0.2) is 28.8 Å². The van der Waals surface area contributed by atoms with Gasteiger partial charge in [-0.3, -0.25) is 14.6 Å². The number of amides is 1. The number of benzene rings is 1. The molecule has 0 atom stereocenters. The van der Waals surface area contributed by atoms with E-state index in [1.165, 1.54) is 0 Å². The lowest BCUT2D eigenvalue weighted by Crippen LogP contribution is -2.18. The van der Waals surface area contributed by atoms with Gasteiger partial charge in [0.2, 0.25) is 11.7 Å². The van der Waals surface area contributed by atoms with Crippen molar-refractivity contribution < 1.29 is 18.8 Å². The first-order valence-corrected chi connectivity index (χ1v) is 10.5. The summed E-state index contributed by atoms with van der Waals surface area (Å²) in [5.74, 6) is 1.63. The summed E-state index contributed by atoms with van der Waals surface area (Å²) < 4.78 is 10.8. The summed E-state index contributed by atoms with van der Waals surface area (Å²) in [6.45, 7) is 2.13. The highest BCUT2D eigenvalue weighted by Gasteiger charge is 2.33. The van der Waals surface area contributed by atoms with E-state index in [0.29, 0.717) is 57.9 Å². The second-order valence-electron chi connectivity index (χ2n) is 8.21. The molecular weight excluding hydrogens is 410 g/mol. The molecule has 2 aromatic heterocycles. The molecule has 0 bridgehead atoms. The van der Waals surface area contributed by atoms with E-state index in [1.54, 1.807) is 32.0 Å². The fourth-order valence-electron chi connectivity index (χ4n) is 4.00. The Morgan fingerprint density at radius 3 is 2.78 bits per heavy atom. The molecule has 1 N–H and O–H groups in total. The molecule has 1 aliphatic carbocycles. The molecule has 0 spiro atoms. The molecule has 32 heavy (non-hydrogen) atoms. The van der Waals surface area contributed by atoms with Crippen LogP contribution in [0.1, 0.15) is 40.5 Å². The maximum atomic E-state index is 12.8. The number of hydrogen-bond donors (Lipinski definition) is 1. The van der Waals surface area contributed by atoms with Crippen LogP contribution in [-0.4, -0.2) is 45.9 Å². The summed E-state index contributed by atoms with van der Waals surface area (Å²) in [5, 5.41) is 7.33.